The molecule has 2 unspecified atom stereocenters. The summed E-state index contributed by atoms with van der Waals surface area (Å²) in [6, 6.07) is 25.2. The Balaban J connectivity index is 0.846. The van der Waals surface area contributed by atoms with Gasteiger partial charge >= 0.3 is 12.2 Å². The Bertz CT molecular complexity index is 3880. The van der Waals surface area contributed by atoms with Crippen molar-refractivity contribution in [1.82, 2.24) is 40.5 Å². The SMILES string of the molecule is CC(C)[C@@H](C(=O)N1C[C@H](O)C[C@H]1C(=O)N[C@@H](C)c1ccc(-c2ccccc2Cl)cc1)n1cc(-c2ccc(COc3c(-c4ccc(F)c5sc(N)c(C#N)c45)c(C(F)(F)F)cc4c(N5CC6CCC(C5)N6)nc(OC5CCOCC5)nc34)cc2)nn1. The first-order valence-corrected chi connectivity index (χ1v) is 29.5. The lowest BCUT2D eigenvalue weighted by Crippen LogP contribution is -2.51. The minimum absolute atomic E-state index is 0.0175. The van der Waals surface area contributed by atoms with Gasteiger partial charge in [-0.25, -0.2) is 9.07 Å². The van der Waals surface area contributed by atoms with Crippen LogP contribution in [0.5, 0.6) is 11.8 Å². The van der Waals surface area contributed by atoms with Gasteiger partial charge in [-0.15, -0.1) is 16.4 Å². The number of nitriles is 1. The van der Waals surface area contributed by atoms with Gasteiger partial charge in [-0.1, -0.05) is 103 Å². The van der Waals surface area contributed by atoms with Crippen molar-refractivity contribution < 1.29 is 46.5 Å². The molecule has 5 N–H and O–H groups in total. The zero-order valence-corrected chi connectivity index (χ0v) is 48.1. The predicted octanol–water partition coefficient (Wildman–Crippen LogP) is 10.8. The number of nitrogens with two attached hydrogens (primary N) is 1. The van der Waals surface area contributed by atoms with Crippen molar-refractivity contribution in [3.05, 3.63) is 130 Å². The predicted molar refractivity (Wildman–Crippen MR) is 314 cm³/mol. The van der Waals surface area contributed by atoms with Crippen LogP contribution in [0.1, 0.15) is 87.2 Å². The average molecular weight is 1200 g/mol. The molecule has 2 bridgehead atoms. The molecular weight excluding hydrogens is 1140 g/mol. The lowest BCUT2D eigenvalue weighted by Gasteiger charge is -2.35. The molecule has 12 rings (SSSR count). The number of hydrogen-bond acceptors (Lipinski definition) is 15. The highest BCUT2D eigenvalue weighted by Gasteiger charge is 2.44. The molecular formula is C62H60ClF4N11O6S. The van der Waals surface area contributed by atoms with Gasteiger partial charge in [0.05, 0.1) is 47.4 Å². The second-order valence-corrected chi connectivity index (χ2v) is 24.0. The number of ether oxygens (including phenoxy) is 3. The highest BCUT2D eigenvalue weighted by Crippen LogP contribution is 2.52. The number of aromatic nitrogens is 5. The number of anilines is 2. The molecule has 0 radical (unpaired) electrons. The summed E-state index contributed by atoms with van der Waals surface area (Å²) in [6.45, 7) is 7.03. The summed E-state index contributed by atoms with van der Waals surface area (Å²) >= 11 is 7.20. The largest absolute Gasteiger partial charge is 0.486 e. The monoisotopic (exact) mass is 1200 g/mol. The van der Waals surface area contributed by atoms with Crippen LogP contribution in [0.25, 0.3) is 54.5 Å². The number of carbonyl (C=O) groups excluding carboxylic acids is 2. The maximum atomic E-state index is 16.0. The molecule has 0 spiro atoms. The molecule has 2 amide bonds. The molecule has 7 heterocycles. The van der Waals surface area contributed by atoms with Crippen molar-refractivity contribution in [2.24, 2.45) is 5.92 Å². The van der Waals surface area contributed by atoms with Gasteiger partial charge in [0.15, 0.2) is 5.75 Å². The Hall–Kier alpha value is -7.94. The number of halogens is 5. The first kappa shape index (κ1) is 57.5. The first-order chi connectivity index (χ1) is 40.9. The van der Waals surface area contributed by atoms with Crippen LogP contribution >= 0.6 is 22.9 Å². The van der Waals surface area contributed by atoms with Crippen LogP contribution in [0.2, 0.25) is 5.02 Å². The maximum Gasteiger partial charge on any atom is 0.417 e. The van der Waals surface area contributed by atoms with Gasteiger partial charge in [0, 0.05) is 83.5 Å². The summed E-state index contributed by atoms with van der Waals surface area (Å²) in [6.07, 6.45) is -1.77. The summed E-state index contributed by atoms with van der Waals surface area (Å²) in [5, 5.41) is 37.2. The average Bonchev–Trinajstić information content (AvgIpc) is 1.77. The number of rotatable bonds is 15. The molecule has 0 saturated carbocycles. The van der Waals surface area contributed by atoms with E-state index < -0.39 is 59.2 Å². The zero-order valence-electron chi connectivity index (χ0n) is 46.6. The fraction of sp³-hybridized carbons (Fsp3) is 0.371. The Morgan fingerprint density at radius 3 is 2.36 bits per heavy atom. The van der Waals surface area contributed by atoms with Crippen molar-refractivity contribution in [2.45, 2.75) is 108 Å². The number of β-amino-alcohol motifs (C(OH)–C–C–N with tert-alkyl or cyclic N) is 1. The number of alkyl halides is 3. The zero-order chi connectivity index (χ0) is 59.4. The summed E-state index contributed by atoms with van der Waals surface area (Å²) < 4.78 is 83.8. The van der Waals surface area contributed by atoms with E-state index in [2.05, 4.69) is 20.9 Å². The van der Waals surface area contributed by atoms with Gasteiger partial charge in [-0.05, 0) is 66.1 Å². The van der Waals surface area contributed by atoms with Crippen LogP contribution in [0.4, 0.5) is 28.4 Å². The normalized spacial score (nSPS) is 19.8. The number of hydrogen-bond donors (Lipinski definition) is 4. The van der Waals surface area contributed by atoms with Crippen molar-refractivity contribution in [2.75, 3.05) is 43.5 Å². The smallest absolute Gasteiger partial charge is 0.417 e. The number of aliphatic hydroxyl groups is 1. The number of nitrogens with zero attached hydrogens (tertiary/aromatic N) is 8. The van der Waals surface area contributed by atoms with Crippen LogP contribution in [-0.4, -0.2) is 110 Å². The van der Waals surface area contributed by atoms with Crippen molar-refractivity contribution in [3.63, 3.8) is 0 Å². The number of nitrogens with one attached hydrogen (secondary N) is 2. The number of carbonyl (C=O) groups is 2. The van der Waals surface area contributed by atoms with Gasteiger partial charge in [0.1, 0.15) is 58.7 Å². The molecule has 0 aliphatic carbocycles. The third-order valence-electron chi connectivity index (χ3n) is 16.5. The van der Waals surface area contributed by atoms with E-state index in [1.54, 1.807) is 30.5 Å². The number of amides is 2. The van der Waals surface area contributed by atoms with E-state index in [9.17, 15) is 20.0 Å². The third-order valence-corrected chi connectivity index (χ3v) is 17.9. The lowest BCUT2D eigenvalue weighted by molar-refractivity contribution is -0.142. The first-order valence-electron chi connectivity index (χ1n) is 28.3. The number of fused-ring (bicyclic) bond motifs is 4. The third kappa shape index (κ3) is 11.4. The molecule has 4 aliphatic heterocycles. The molecule has 440 valence electrons. The fourth-order valence-electron chi connectivity index (χ4n) is 12.2. The highest BCUT2D eigenvalue weighted by atomic mass is 35.5. The Morgan fingerprint density at radius 1 is 0.953 bits per heavy atom. The number of piperazine rings is 1. The Kier molecular flexibility index (Phi) is 15.9. The van der Waals surface area contributed by atoms with Crippen LogP contribution < -0.4 is 30.7 Å². The minimum Gasteiger partial charge on any atom is -0.486 e. The Labute approximate surface area is 495 Å². The van der Waals surface area contributed by atoms with Crippen molar-refractivity contribution in [3.8, 4) is 51.3 Å². The molecule has 4 saturated heterocycles. The topological polar surface area (TPSA) is 219 Å². The van der Waals surface area contributed by atoms with Crippen molar-refractivity contribution in [1.29, 1.82) is 5.26 Å². The minimum atomic E-state index is -5.02. The molecule has 17 nitrogen and oxygen atoms in total. The second-order valence-electron chi connectivity index (χ2n) is 22.6. The summed E-state index contributed by atoms with van der Waals surface area (Å²) in [5.41, 5.74) is 8.55. The van der Waals surface area contributed by atoms with E-state index in [-0.39, 0.29) is 98.4 Å². The van der Waals surface area contributed by atoms with Gasteiger partial charge in [0.2, 0.25) is 11.8 Å². The van der Waals surface area contributed by atoms with E-state index in [0.717, 1.165) is 53.0 Å². The van der Waals surface area contributed by atoms with Gasteiger partial charge in [-0.3, -0.25) is 9.59 Å². The van der Waals surface area contributed by atoms with E-state index in [1.807, 2.05) is 80.3 Å². The van der Waals surface area contributed by atoms with Gasteiger partial charge < -0.3 is 45.5 Å². The summed E-state index contributed by atoms with van der Waals surface area (Å²) in [4.78, 5) is 41.7. The van der Waals surface area contributed by atoms with E-state index in [4.69, 9.17) is 41.5 Å². The lowest BCUT2D eigenvalue weighted by atomic mass is 9.92. The van der Waals surface area contributed by atoms with Crippen LogP contribution in [-0.2, 0) is 27.1 Å². The summed E-state index contributed by atoms with van der Waals surface area (Å²) in [5.74, 6) is -1.96. The molecule has 5 aromatic carbocycles. The molecule has 4 aliphatic rings. The standard InChI is InChI=1S/C62H60ClF4N11O6S/c1-32(2)54(60(81)77-29-40(79)24-50(77)59(80)70-33(3)35-12-14-36(15-13-35)42-6-4-5-7-47(42)63)78-30-49(74-75-78)37-10-8-34(9-11-37)31-83-55-52(43-18-19-48(64)56-51(43)45(26-68)57(69)85-56)46(62(65,66)67)25-44-53(55)72-61(84-41-20-22-82-23-21-41)73-58(44)76-27-38-16-17-39(28-76)71-38/h4-15,18-19,25,30,32-33,38-41,50,54,71,79H,16-17,20-24,27-29,31,69H2,1-3H3,(H,70,80)/t33-,38?,39?,40+,50-,54-/m0/s1. The summed E-state index contributed by atoms with van der Waals surface area (Å²) in [7, 11) is 0. The van der Waals surface area contributed by atoms with Crippen LogP contribution in [0.15, 0.2) is 97.2 Å². The Morgan fingerprint density at radius 2 is 1.67 bits per heavy atom. The van der Waals surface area contributed by atoms with Crippen molar-refractivity contribution >= 4 is 66.6 Å². The van der Waals surface area contributed by atoms with Crippen LogP contribution in [0, 0.1) is 23.1 Å². The molecule has 4 fully saturated rings. The van der Waals surface area contributed by atoms with E-state index in [0.29, 0.717) is 61.0 Å². The van der Waals surface area contributed by atoms with Gasteiger partial charge in [0.25, 0.3) is 0 Å². The molecule has 8 aromatic rings. The van der Waals surface area contributed by atoms with E-state index >= 15 is 17.6 Å². The quantitative estimate of drug-likeness (QED) is 0.0702. The molecule has 85 heavy (non-hydrogen) atoms. The number of benzene rings is 5. The number of likely N-dealkylation sites (tertiary alicyclic amines) is 1. The molecule has 3 aromatic heterocycles. The number of thiophene rings is 1. The van der Waals surface area contributed by atoms with Crippen LogP contribution in [0.3, 0.4) is 0 Å². The number of aliphatic hydroxyl groups excluding tert-OH is 1. The molecule has 6 atom stereocenters. The van der Waals surface area contributed by atoms with Gasteiger partial charge in [-0.2, -0.15) is 28.4 Å². The highest BCUT2D eigenvalue weighted by molar-refractivity contribution is 7.23. The van der Waals surface area contributed by atoms with E-state index in [1.165, 1.54) is 15.6 Å². The number of nitrogen functional groups attached to an aromatic ring is 1. The molecule has 23 heteroatoms. The fourth-order valence-corrected chi connectivity index (χ4v) is 13.4. The maximum absolute atomic E-state index is 16.0. The second kappa shape index (κ2) is 23.5.